The van der Waals surface area contributed by atoms with Crippen molar-refractivity contribution in [2.24, 2.45) is 0 Å². The molecule has 0 spiro atoms. The van der Waals surface area contributed by atoms with Gasteiger partial charge < -0.3 is 15.4 Å². The fraction of sp³-hybridized carbons (Fsp3) is 1.00. The molecule has 100 valence electrons. The zero-order valence-corrected chi connectivity index (χ0v) is 11.4. The van der Waals surface area contributed by atoms with Crippen LogP contribution in [0.1, 0.15) is 52.4 Å². The summed E-state index contributed by atoms with van der Waals surface area (Å²) in [5.74, 6) is 0. The monoisotopic (exact) mass is 240 g/mol. The third kappa shape index (κ3) is 4.23. The van der Waals surface area contributed by atoms with Crippen molar-refractivity contribution in [2.45, 2.75) is 70.1 Å². The van der Waals surface area contributed by atoms with Gasteiger partial charge in [-0.05, 0) is 52.5 Å². The number of nitrogens with one attached hydrogen (secondary N) is 2. The van der Waals surface area contributed by atoms with Crippen molar-refractivity contribution in [3.63, 3.8) is 0 Å². The summed E-state index contributed by atoms with van der Waals surface area (Å²) in [5, 5.41) is 7.26. The maximum atomic E-state index is 5.80. The lowest BCUT2D eigenvalue weighted by atomic mass is 9.97. The van der Waals surface area contributed by atoms with Gasteiger partial charge in [0.05, 0.1) is 5.60 Å². The van der Waals surface area contributed by atoms with Gasteiger partial charge >= 0.3 is 0 Å². The Labute approximate surface area is 106 Å². The van der Waals surface area contributed by atoms with Gasteiger partial charge in [-0.1, -0.05) is 6.42 Å². The minimum absolute atomic E-state index is 0.0915. The number of hydrogen-bond donors (Lipinski definition) is 2. The molecule has 0 aliphatic carbocycles. The maximum Gasteiger partial charge on any atom is 0.0779 e. The minimum Gasteiger partial charge on any atom is -0.374 e. The first-order valence-electron chi connectivity index (χ1n) is 7.29. The lowest BCUT2D eigenvalue weighted by Gasteiger charge is -2.29. The third-order valence-corrected chi connectivity index (χ3v) is 4.18. The topological polar surface area (TPSA) is 33.3 Å². The first kappa shape index (κ1) is 13.3. The van der Waals surface area contributed by atoms with Crippen LogP contribution >= 0.6 is 0 Å². The molecule has 2 aliphatic rings. The van der Waals surface area contributed by atoms with Crippen LogP contribution < -0.4 is 10.6 Å². The van der Waals surface area contributed by atoms with Crippen molar-refractivity contribution in [3.05, 3.63) is 0 Å². The fourth-order valence-corrected chi connectivity index (χ4v) is 3.00. The van der Waals surface area contributed by atoms with Crippen LogP contribution in [-0.4, -0.2) is 37.4 Å². The molecule has 17 heavy (non-hydrogen) atoms. The molecule has 0 aromatic carbocycles. The molecule has 2 N–H and O–H groups in total. The molecule has 0 radical (unpaired) electrons. The highest BCUT2D eigenvalue weighted by atomic mass is 16.5. The van der Waals surface area contributed by atoms with Crippen molar-refractivity contribution >= 4 is 0 Å². The van der Waals surface area contributed by atoms with Crippen LogP contribution in [0.15, 0.2) is 0 Å². The predicted octanol–water partition coefficient (Wildman–Crippen LogP) is 2.07. The summed E-state index contributed by atoms with van der Waals surface area (Å²) < 4.78 is 5.80. The number of piperidine rings is 1. The van der Waals surface area contributed by atoms with Crippen LogP contribution in [0.5, 0.6) is 0 Å². The zero-order valence-electron chi connectivity index (χ0n) is 11.4. The number of ether oxygens (including phenoxy) is 1. The summed E-state index contributed by atoms with van der Waals surface area (Å²) in [6.45, 7) is 7.68. The van der Waals surface area contributed by atoms with Gasteiger partial charge in [0.2, 0.25) is 0 Å². The van der Waals surface area contributed by atoms with Gasteiger partial charge in [-0.25, -0.2) is 0 Å². The highest BCUT2D eigenvalue weighted by molar-refractivity contribution is 4.85. The van der Waals surface area contributed by atoms with E-state index in [2.05, 4.69) is 24.5 Å². The normalized spacial score (nSPS) is 36.0. The first-order valence-corrected chi connectivity index (χ1v) is 7.29. The second-order valence-electron chi connectivity index (χ2n) is 6.07. The van der Waals surface area contributed by atoms with E-state index < -0.39 is 0 Å². The molecule has 2 fully saturated rings. The predicted molar refractivity (Wildman–Crippen MR) is 71.3 cm³/mol. The number of hydrogen-bond acceptors (Lipinski definition) is 3. The minimum atomic E-state index is 0.0915. The summed E-state index contributed by atoms with van der Waals surface area (Å²) in [4.78, 5) is 0. The Hall–Kier alpha value is -0.120. The average molecular weight is 240 g/mol. The van der Waals surface area contributed by atoms with Gasteiger partial charge in [-0.3, -0.25) is 0 Å². The lowest BCUT2D eigenvalue weighted by molar-refractivity contribution is 0.0186. The lowest BCUT2D eigenvalue weighted by Crippen LogP contribution is -2.44. The van der Waals surface area contributed by atoms with E-state index in [1.165, 1.54) is 45.1 Å². The van der Waals surface area contributed by atoms with Gasteiger partial charge in [0.1, 0.15) is 0 Å². The van der Waals surface area contributed by atoms with Gasteiger partial charge in [0.15, 0.2) is 0 Å². The Morgan fingerprint density at radius 3 is 2.94 bits per heavy atom. The smallest absolute Gasteiger partial charge is 0.0779 e. The summed E-state index contributed by atoms with van der Waals surface area (Å²) in [7, 11) is 0. The van der Waals surface area contributed by atoms with Crippen molar-refractivity contribution in [1.29, 1.82) is 0 Å². The second kappa shape index (κ2) is 6.17. The molecule has 2 saturated heterocycles. The van der Waals surface area contributed by atoms with E-state index in [9.17, 15) is 0 Å². The largest absolute Gasteiger partial charge is 0.374 e. The van der Waals surface area contributed by atoms with Gasteiger partial charge in [-0.15, -0.1) is 0 Å². The Bertz CT molecular complexity index is 220. The van der Waals surface area contributed by atoms with Gasteiger partial charge in [0, 0.05) is 25.2 Å². The van der Waals surface area contributed by atoms with Gasteiger partial charge in [-0.2, -0.15) is 0 Å². The molecule has 3 atom stereocenters. The Morgan fingerprint density at radius 1 is 1.41 bits per heavy atom. The molecule has 0 aromatic heterocycles. The van der Waals surface area contributed by atoms with E-state index in [0.717, 1.165) is 19.2 Å². The standard InChI is InChI=1S/C14H28N2O/c1-12(10-13-6-3-4-8-15-13)16-11-14(2)7-5-9-17-14/h12-13,15-16H,3-11H2,1-2H3. The SMILES string of the molecule is CC(CC1CCCCN1)NCC1(C)CCCO1. The fourth-order valence-electron chi connectivity index (χ4n) is 3.00. The summed E-state index contributed by atoms with van der Waals surface area (Å²) in [6, 6.07) is 1.31. The average Bonchev–Trinajstić information content (AvgIpc) is 2.76. The van der Waals surface area contributed by atoms with Crippen LogP contribution in [0.4, 0.5) is 0 Å². The summed E-state index contributed by atoms with van der Waals surface area (Å²) in [5.41, 5.74) is 0.0915. The number of rotatable bonds is 5. The summed E-state index contributed by atoms with van der Waals surface area (Å²) in [6.07, 6.45) is 7.76. The van der Waals surface area contributed by atoms with E-state index in [4.69, 9.17) is 4.74 Å². The van der Waals surface area contributed by atoms with E-state index in [-0.39, 0.29) is 5.60 Å². The highest BCUT2D eigenvalue weighted by Crippen LogP contribution is 2.24. The molecule has 2 heterocycles. The van der Waals surface area contributed by atoms with Crippen molar-refractivity contribution < 1.29 is 4.74 Å². The van der Waals surface area contributed by atoms with Crippen LogP contribution in [0.2, 0.25) is 0 Å². The third-order valence-electron chi connectivity index (χ3n) is 4.18. The summed E-state index contributed by atoms with van der Waals surface area (Å²) >= 11 is 0. The molecule has 3 heteroatoms. The molecular formula is C14H28N2O. The zero-order chi connectivity index (χ0) is 12.1. The molecule has 0 saturated carbocycles. The first-order chi connectivity index (χ1) is 8.18. The van der Waals surface area contributed by atoms with Crippen molar-refractivity contribution in [1.82, 2.24) is 10.6 Å². The molecule has 2 aliphatic heterocycles. The van der Waals surface area contributed by atoms with E-state index in [0.29, 0.717) is 6.04 Å². The van der Waals surface area contributed by atoms with E-state index >= 15 is 0 Å². The van der Waals surface area contributed by atoms with Crippen molar-refractivity contribution in [2.75, 3.05) is 19.7 Å². The Morgan fingerprint density at radius 2 is 2.29 bits per heavy atom. The van der Waals surface area contributed by atoms with Gasteiger partial charge in [0.25, 0.3) is 0 Å². The molecule has 2 rings (SSSR count). The Balaban J connectivity index is 1.64. The van der Waals surface area contributed by atoms with Crippen LogP contribution in [0.25, 0.3) is 0 Å². The van der Waals surface area contributed by atoms with E-state index in [1.54, 1.807) is 0 Å². The Kier molecular flexibility index (Phi) is 4.83. The van der Waals surface area contributed by atoms with Crippen LogP contribution in [0, 0.1) is 0 Å². The van der Waals surface area contributed by atoms with Crippen LogP contribution in [0.3, 0.4) is 0 Å². The highest BCUT2D eigenvalue weighted by Gasteiger charge is 2.29. The van der Waals surface area contributed by atoms with Crippen LogP contribution in [-0.2, 0) is 4.74 Å². The molecule has 0 aromatic rings. The molecule has 3 unspecified atom stereocenters. The molecular weight excluding hydrogens is 212 g/mol. The quantitative estimate of drug-likeness (QED) is 0.772. The maximum absolute atomic E-state index is 5.80. The molecule has 0 amide bonds. The van der Waals surface area contributed by atoms with Crippen molar-refractivity contribution in [3.8, 4) is 0 Å². The molecule has 3 nitrogen and oxygen atoms in total. The second-order valence-corrected chi connectivity index (χ2v) is 6.07. The van der Waals surface area contributed by atoms with E-state index in [1.807, 2.05) is 0 Å². The molecule has 0 bridgehead atoms.